The lowest BCUT2D eigenvalue weighted by molar-refractivity contribution is 0.102. The molecule has 0 saturated heterocycles. The summed E-state index contributed by atoms with van der Waals surface area (Å²) in [5.74, 6) is 7.17. The summed E-state index contributed by atoms with van der Waals surface area (Å²) in [5, 5.41) is 2.81. The molecule has 8 nitrogen and oxygen atoms in total. The van der Waals surface area contributed by atoms with Gasteiger partial charge in [0.15, 0.2) is 9.84 Å². The largest absolute Gasteiger partial charge is 0.399 e. The first-order valence-corrected chi connectivity index (χ1v) is 13.7. The van der Waals surface area contributed by atoms with E-state index >= 15 is 0 Å². The number of carbonyl (C=O) groups is 1. The van der Waals surface area contributed by atoms with Gasteiger partial charge in [-0.25, -0.2) is 18.4 Å². The van der Waals surface area contributed by atoms with Gasteiger partial charge in [0.2, 0.25) is 0 Å². The molecule has 4 rings (SSSR count). The van der Waals surface area contributed by atoms with Gasteiger partial charge in [-0.3, -0.25) is 9.36 Å². The Bertz CT molecular complexity index is 1690. The molecule has 0 aliphatic rings. The van der Waals surface area contributed by atoms with Crippen LogP contribution < -0.4 is 11.1 Å². The zero-order valence-electron chi connectivity index (χ0n) is 22.0. The van der Waals surface area contributed by atoms with Crippen molar-refractivity contribution in [1.82, 2.24) is 14.5 Å². The summed E-state index contributed by atoms with van der Waals surface area (Å²) in [4.78, 5) is 21.3. The van der Waals surface area contributed by atoms with Crippen LogP contribution in [0.4, 0.5) is 11.5 Å². The maximum Gasteiger partial charge on any atom is 0.256 e. The lowest BCUT2D eigenvalue weighted by Gasteiger charge is -2.07. The van der Waals surface area contributed by atoms with E-state index in [0.29, 0.717) is 33.5 Å². The molecule has 0 unspecified atom stereocenters. The molecule has 0 aliphatic carbocycles. The summed E-state index contributed by atoms with van der Waals surface area (Å²) in [6.45, 7) is 11.4. The van der Waals surface area contributed by atoms with Crippen LogP contribution in [-0.2, 0) is 9.84 Å². The number of rotatable bonds is 5. The highest BCUT2D eigenvalue weighted by atomic mass is 32.2. The number of amides is 1. The Balaban J connectivity index is 0.000000320. The number of nitrogens with one attached hydrogen (secondary N) is 1. The van der Waals surface area contributed by atoms with E-state index in [0.717, 1.165) is 16.7 Å². The van der Waals surface area contributed by atoms with Gasteiger partial charge in [0.25, 0.3) is 5.91 Å². The fraction of sp³-hybridized carbons (Fsp3) is 0.100. The second-order valence-corrected chi connectivity index (χ2v) is 10.6. The van der Waals surface area contributed by atoms with Crippen molar-refractivity contribution in [3.63, 3.8) is 0 Å². The van der Waals surface area contributed by atoms with E-state index in [4.69, 9.17) is 5.73 Å². The van der Waals surface area contributed by atoms with Crippen LogP contribution in [0.25, 0.3) is 12.3 Å². The summed E-state index contributed by atoms with van der Waals surface area (Å²) in [7, 11) is -3.08. The number of anilines is 2. The molecular weight excluding hydrogens is 510 g/mol. The Morgan fingerprint density at radius 1 is 1.03 bits per heavy atom. The zero-order chi connectivity index (χ0) is 28.6. The minimum absolute atomic E-state index is 0.230. The lowest BCUT2D eigenvalue weighted by atomic mass is 10.0. The molecule has 0 spiro atoms. The van der Waals surface area contributed by atoms with Crippen LogP contribution in [0.3, 0.4) is 0 Å². The van der Waals surface area contributed by atoms with Crippen LogP contribution >= 0.6 is 0 Å². The molecule has 0 atom stereocenters. The topological polar surface area (TPSA) is 120 Å². The lowest BCUT2D eigenvalue weighted by Crippen LogP contribution is -2.13. The molecule has 0 aliphatic heterocycles. The number of pyridine rings is 1. The second kappa shape index (κ2) is 12.5. The fourth-order valence-corrected chi connectivity index (χ4v) is 3.98. The van der Waals surface area contributed by atoms with Crippen LogP contribution in [0.15, 0.2) is 85.0 Å². The van der Waals surface area contributed by atoms with Crippen molar-refractivity contribution in [1.29, 1.82) is 0 Å². The Hall–Kier alpha value is -4.94. The highest BCUT2D eigenvalue weighted by Gasteiger charge is 2.09. The average molecular weight is 540 g/mol. The molecule has 3 N–H and O–H groups in total. The van der Waals surface area contributed by atoms with Gasteiger partial charge in [-0.15, -0.1) is 0 Å². The molecule has 4 aromatic rings. The smallest absolute Gasteiger partial charge is 0.256 e. The molecule has 0 radical (unpaired) electrons. The highest BCUT2D eigenvalue weighted by molar-refractivity contribution is 7.90. The van der Waals surface area contributed by atoms with E-state index in [-0.39, 0.29) is 5.91 Å². The molecular formula is C30H29N5O3S. The summed E-state index contributed by atoms with van der Waals surface area (Å²) in [5.41, 5.74) is 9.93. The number of hydrogen-bond acceptors (Lipinski definition) is 6. The molecule has 198 valence electrons. The maximum atomic E-state index is 12.6. The fourth-order valence-electron chi connectivity index (χ4n) is 3.35. The van der Waals surface area contributed by atoms with Crippen molar-refractivity contribution in [2.75, 3.05) is 17.3 Å². The van der Waals surface area contributed by atoms with E-state index in [1.54, 1.807) is 53.5 Å². The minimum Gasteiger partial charge on any atom is -0.399 e. The number of nitrogens with zero attached hydrogens (tertiary/aromatic N) is 3. The van der Waals surface area contributed by atoms with Crippen molar-refractivity contribution in [2.45, 2.75) is 18.7 Å². The number of sulfone groups is 1. The van der Waals surface area contributed by atoms with Crippen molar-refractivity contribution < 1.29 is 13.2 Å². The van der Waals surface area contributed by atoms with E-state index in [1.165, 1.54) is 18.4 Å². The SMILES string of the molecule is C=Cc1ncc(C#Cc2cc(C(=O)Nc3cc(C)ccn3)ccc2C)n1C=C.CS(=O)(=O)c1ccc(N)cc1. The Kier molecular flexibility index (Phi) is 9.20. The van der Waals surface area contributed by atoms with Crippen molar-refractivity contribution in [3.8, 4) is 11.8 Å². The van der Waals surface area contributed by atoms with E-state index in [9.17, 15) is 13.2 Å². The average Bonchev–Trinajstić information content (AvgIpc) is 3.30. The Labute approximate surface area is 228 Å². The Morgan fingerprint density at radius 2 is 1.74 bits per heavy atom. The van der Waals surface area contributed by atoms with Crippen molar-refractivity contribution in [3.05, 3.63) is 114 Å². The summed E-state index contributed by atoms with van der Waals surface area (Å²) < 4.78 is 23.6. The first kappa shape index (κ1) is 28.6. The minimum atomic E-state index is -3.08. The molecule has 2 aromatic carbocycles. The van der Waals surface area contributed by atoms with Crippen LogP contribution in [0.1, 0.15) is 38.6 Å². The number of imidazole rings is 1. The maximum absolute atomic E-state index is 12.6. The molecule has 2 aromatic heterocycles. The highest BCUT2D eigenvalue weighted by Crippen LogP contribution is 2.14. The number of carbonyl (C=O) groups excluding carboxylic acids is 1. The monoisotopic (exact) mass is 539 g/mol. The molecule has 0 fully saturated rings. The second-order valence-electron chi connectivity index (χ2n) is 8.55. The van der Waals surface area contributed by atoms with Gasteiger partial charge in [0.1, 0.15) is 17.3 Å². The zero-order valence-corrected chi connectivity index (χ0v) is 22.8. The Morgan fingerprint density at radius 3 is 2.36 bits per heavy atom. The predicted molar refractivity (Wildman–Crippen MR) is 157 cm³/mol. The molecule has 9 heteroatoms. The number of benzene rings is 2. The van der Waals surface area contributed by atoms with Gasteiger partial charge in [-0.05, 0) is 85.5 Å². The number of aromatic nitrogens is 3. The van der Waals surface area contributed by atoms with Crippen LogP contribution in [-0.4, -0.2) is 35.1 Å². The molecule has 2 heterocycles. The van der Waals surface area contributed by atoms with Gasteiger partial charge < -0.3 is 11.1 Å². The third-order valence-corrected chi connectivity index (χ3v) is 6.61. The predicted octanol–water partition coefficient (Wildman–Crippen LogP) is 4.96. The first-order chi connectivity index (χ1) is 18.5. The first-order valence-electron chi connectivity index (χ1n) is 11.8. The summed E-state index contributed by atoms with van der Waals surface area (Å²) >= 11 is 0. The van der Waals surface area contributed by atoms with E-state index < -0.39 is 9.84 Å². The number of hydrogen-bond donors (Lipinski definition) is 2. The molecule has 1 amide bonds. The number of nitrogen functional groups attached to an aromatic ring is 1. The van der Waals surface area contributed by atoms with E-state index in [1.807, 2.05) is 32.0 Å². The van der Waals surface area contributed by atoms with Crippen LogP contribution in [0.5, 0.6) is 0 Å². The van der Waals surface area contributed by atoms with Gasteiger partial charge in [-0.2, -0.15) is 0 Å². The number of nitrogens with two attached hydrogens (primary N) is 1. The normalized spacial score (nSPS) is 10.3. The van der Waals surface area contributed by atoms with Crippen molar-refractivity contribution in [2.24, 2.45) is 0 Å². The number of aryl methyl sites for hydroxylation is 2. The van der Waals surface area contributed by atoms with Crippen LogP contribution in [0.2, 0.25) is 0 Å². The van der Waals surface area contributed by atoms with Crippen molar-refractivity contribution >= 4 is 39.5 Å². The van der Waals surface area contributed by atoms with Crippen LogP contribution in [0, 0.1) is 25.7 Å². The molecule has 0 saturated carbocycles. The van der Waals surface area contributed by atoms with Gasteiger partial charge in [0, 0.05) is 35.5 Å². The molecule has 0 bridgehead atoms. The quantitative estimate of drug-likeness (QED) is 0.273. The van der Waals surface area contributed by atoms with Gasteiger partial charge in [-0.1, -0.05) is 25.1 Å². The molecule has 39 heavy (non-hydrogen) atoms. The summed E-state index contributed by atoms with van der Waals surface area (Å²) in [6, 6.07) is 15.2. The van der Waals surface area contributed by atoms with Gasteiger partial charge >= 0.3 is 0 Å². The standard InChI is InChI=1S/C23H20N4O.C7H9NO2S/c1-5-22-25-15-20(27(22)6-2)10-9-18-14-19(8-7-17(18)4)23(28)26-21-13-16(3)11-12-24-21;1-11(9,10)7-4-2-6(8)3-5-7/h5-8,11-15H,1-2H2,3-4H3,(H,24,26,28);2-5H,8H2,1H3. The third-order valence-electron chi connectivity index (χ3n) is 5.48. The van der Waals surface area contributed by atoms with E-state index in [2.05, 4.69) is 40.3 Å². The third kappa shape index (κ3) is 7.77. The van der Waals surface area contributed by atoms with Gasteiger partial charge in [0.05, 0.1) is 11.1 Å². The summed E-state index contributed by atoms with van der Waals surface area (Å²) in [6.07, 6.45) is 7.78.